The Hall–Kier alpha value is -0.760. The lowest BCUT2D eigenvalue weighted by Gasteiger charge is -2.28. The largest absolute Gasteiger partial charge is 0.372 e. The Morgan fingerprint density at radius 1 is 0.929 bits per heavy atom. The molecule has 0 saturated carbocycles. The highest BCUT2D eigenvalue weighted by Crippen LogP contribution is 2.19. The van der Waals surface area contributed by atoms with Crippen molar-refractivity contribution in [1.29, 1.82) is 0 Å². The minimum absolute atomic E-state index is 0. The van der Waals surface area contributed by atoms with Gasteiger partial charge in [0.2, 0.25) is 0 Å². The van der Waals surface area contributed by atoms with Crippen LogP contribution in [0.5, 0.6) is 0 Å². The van der Waals surface area contributed by atoms with Crippen LogP contribution in [-0.4, -0.2) is 13.1 Å². The van der Waals surface area contributed by atoms with Gasteiger partial charge < -0.3 is 4.90 Å². The molecular weight excluding hydrogens is 201 g/mol. The second-order valence-electron chi connectivity index (χ2n) is 3.52. The molecule has 1 fully saturated rings. The second kappa shape index (κ2) is 5.20. The Bertz CT molecular complexity index is 267. The van der Waals surface area contributed by atoms with Crippen LogP contribution in [0, 0.1) is 5.82 Å². The van der Waals surface area contributed by atoms with Crippen molar-refractivity contribution < 1.29 is 4.39 Å². The third kappa shape index (κ3) is 2.61. The smallest absolute Gasteiger partial charge is 0.123 e. The fourth-order valence-corrected chi connectivity index (χ4v) is 1.80. The molecule has 0 unspecified atom stereocenters. The molecule has 1 nitrogen and oxygen atoms in total. The monoisotopic (exact) mass is 215 g/mol. The Balaban J connectivity index is 0.000000980. The summed E-state index contributed by atoms with van der Waals surface area (Å²) in [6.07, 6.45) is 3.85. The number of piperidine rings is 1. The highest BCUT2D eigenvalue weighted by molar-refractivity contribution is 5.85. The molecule has 3 heteroatoms. The number of benzene rings is 1. The molecule has 2 rings (SSSR count). The van der Waals surface area contributed by atoms with Crippen molar-refractivity contribution in [2.75, 3.05) is 18.0 Å². The molecule has 1 saturated heterocycles. The van der Waals surface area contributed by atoms with E-state index in [2.05, 4.69) is 4.90 Å². The van der Waals surface area contributed by atoms with E-state index in [0.29, 0.717) is 0 Å². The lowest BCUT2D eigenvalue weighted by Crippen LogP contribution is -2.29. The van der Waals surface area contributed by atoms with Crippen LogP contribution in [0.15, 0.2) is 24.3 Å². The molecule has 1 aliphatic rings. The Morgan fingerprint density at radius 2 is 1.50 bits per heavy atom. The van der Waals surface area contributed by atoms with Gasteiger partial charge in [0.25, 0.3) is 0 Å². The highest BCUT2D eigenvalue weighted by atomic mass is 35.5. The van der Waals surface area contributed by atoms with E-state index >= 15 is 0 Å². The summed E-state index contributed by atoms with van der Waals surface area (Å²) in [5, 5.41) is 0. The number of halogens is 2. The topological polar surface area (TPSA) is 3.24 Å². The van der Waals surface area contributed by atoms with Crippen LogP contribution in [0.3, 0.4) is 0 Å². The van der Waals surface area contributed by atoms with E-state index in [1.54, 1.807) is 0 Å². The first-order valence-electron chi connectivity index (χ1n) is 4.87. The molecule has 78 valence electrons. The van der Waals surface area contributed by atoms with Crippen LogP contribution in [0.2, 0.25) is 0 Å². The molecule has 0 N–H and O–H groups in total. The van der Waals surface area contributed by atoms with E-state index in [4.69, 9.17) is 0 Å². The third-order valence-electron chi connectivity index (χ3n) is 2.55. The number of anilines is 1. The maximum atomic E-state index is 12.6. The zero-order chi connectivity index (χ0) is 9.10. The molecular formula is C11H15ClFN. The third-order valence-corrected chi connectivity index (χ3v) is 2.55. The average Bonchev–Trinajstić information content (AvgIpc) is 2.20. The zero-order valence-corrected chi connectivity index (χ0v) is 8.89. The molecule has 0 amide bonds. The summed E-state index contributed by atoms with van der Waals surface area (Å²) in [6.45, 7) is 2.23. The van der Waals surface area contributed by atoms with Gasteiger partial charge in [-0.05, 0) is 43.5 Å². The van der Waals surface area contributed by atoms with Crippen molar-refractivity contribution in [3.63, 3.8) is 0 Å². The number of nitrogens with zero attached hydrogens (tertiary/aromatic N) is 1. The lowest BCUT2D eigenvalue weighted by molar-refractivity contribution is 0.576. The van der Waals surface area contributed by atoms with E-state index in [0.717, 1.165) is 18.8 Å². The Morgan fingerprint density at radius 3 is 2.07 bits per heavy atom. The molecule has 0 spiro atoms. The van der Waals surface area contributed by atoms with Crippen LogP contribution >= 0.6 is 12.4 Å². The van der Waals surface area contributed by atoms with E-state index in [1.807, 2.05) is 12.1 Å². The van der Waals surface area contributed by atoms with Crippen molar-refractivity contribution in [3.05, 3.63) is 30.1 Å². The van der Waals surface area contributed by atoms with Gasteiger partial charge in [0.05, 0.1) is 0 Å². The molecule has 1 aliphatic heterocycles. The summed E-state index contributed by atoms with van der Waals surface area (Å²) in [4.78, 5) is 2.32. The van der Waals surface area contributed by atoms with Gasteiger partial charge in [0.15, 0.2) is 0 Å². The minimum atomic E-state index is -0.152. The van der Waals surface area contributed by atoms with Gasteiger partial charge in [0.1, 0.15) is 5.82 Å². The van der Waals surface area contributed by atoms with Gasteiger partial charge in [-0.3, -0.25) is 0 Å². The van der Waals surface area contributed by atoms with Gasteiger partial charge in [-0.2, -0.15) is 0 Å². The summed E-state index contributed by atoms with van der Waals surface area (Å²) in [7, 11) is 0. The van der Waals surface area contributed by atoms with Crippen molar-refractivity contribution in [1.82, 2.24) is 0 Å². The van der Waals surface area contributed by atoms with Gasteiger partial charge in [-0.1, -0.05) is 0 Å². The van der Waals surface area contributed by atoms with Crippen molar-refractivity contribution in [3.8, 4) is 0 Å². The van der Waals surface area contributed by atoms with Crippen molar-refractivity contribution in [2.45, 2.75) is 19.3 Å². The molecule has 1 heterocycles. The quantitative estimate of drug-likeness (QED) is 0.695. The van der Waals surface area contributed by atoms with E-state index in [9.17, 15) is 4.39 Å². The molecule has 0 radical (unpaired) electrons. The van der Waals surface area contributed by atoms with Gasteiger partial charge >= 0.3 is 0 Å². The summed E-state index contributed by atoms with van der Waals surface area (Å²) < 4.78 is 12.6. The predicted molar refractivity (Wildman–Crippen MR) is 59.7 cm³/mol. The van der Waals surface area contributed by atoms with Gasteiger partial charge in [0, 0.05) is 18.8 Å². The van der Waals surface area contributed by atoms with E-state index in [1.165, 1.54) is 31.4 Å². The second-order valence-corrected chi connectivity index (χ2v) is 3.52. The van der Waals surface area contributed by atoms with Crippen LogP contribution in [0.4, 0.5) is 10.1 Å². The lowest BCUT2D eigenvalue weighted by atomic mass is 10.1. The average molecular weight is 216 g/mol. The van der Waals surface area contributed by atoms with Gasteiger partial charge in [-0.15, -0.1) is 12.4 Å². The molecule has 1 aromatic rings. The standard InChI is InChI=1S/C11H14FN.ClH/c12-10-4-6-11(7-5-10)13-8-2-1-3-9-13;/h4-7H,1-3,8-9H2;1H. The maximum absolute atomic E-state index is 12.6. The SMILES string of the molecule is Cl.Fc1ccc(N2CCCCC2)cc1. The summed E-state index contributed by atoms with van der Waals surface area (Å²) in [5.74, 6) is -0.152. The van der Waals surface area contributed by atoms with Crippen LogP contribution in [-0.2, 0) is 0 Å². The van der Waals surface area contributed by atoms with Gasteiger partial charge in [-0.25, -0.2) is 4.39 Å². The maximum Gasteiger partial charge on any atom is 0.123 e. The fourth-order valence-electron chi connectivity index (χ4n) is 1.80. The van der Waals surface area contributed by atoms with E-state index in [-0.39, 0.29) is 18.2 Å². The highest BCUT2D eigenvalue weighted by Gasteiger charge is 2.09. The normalized spacial score (nSPS) is 16.2. The van der Waals surface area contributed by atoms with Crippen LogP contribution in [0.1, 0.15) is 19.3 Å². The van der Waals surface area contributed by atoms with Crippen molar-refractivity contribution in [2.24, 2.45) is 0 Å². The molecule has 0 atom stereocenters. The predicted octanol–water partition coefficient (Wildman–Crippen LogP) is 3.24. The fraction of sp³-hybridized carbons (Fsp3) is 0.455. The summed E-state index contributed by atoms with van der Waals surface area (Å²) >= 11 is 0. The first kappa shape index (κ1) is 11.3. The molecule has 0 aliphatic carbocycles. The van der Waals surface area contributed by atoms with Crippen molar-refractivity contribution >= 4 is 18.1 Å². The molecule has 0 bridgehead atoms. The summed E-state index contributed by atoms with van der Waals surface area (Å²) in [6, 6.07) is 6.79. The number of rotatable bonds is 1. The zero-order valence-electron chi connectivity index (χ0n) is 8.08. The molecule has 14 heavy (non-hydrogen) atoms. The summed E-state index contributed by atoms with van der Waals surface area (Å²) in [5.41, 5.74) is 1.15. The first-order chi connectivity index (χ1) is 6.36. The van der Waals surface area contributed by atoms with Crippen LogP contribution < -0.4 is 4.90 Å². The van der Waals surface area contributed by atoms with Crippen LogP contribution in [0.25, 0.3) is 0 Å². The molecule has 0 aromatic heterocycles. The van der Waals surface area contributed by atoms with E-state index < -0.39 is 0 Å². The molecule has 1 aromatic carbocycles. The minimum Gasteiger partial charge on any atom is -0.372 e. The number of hydrogen-bond acceptors (Lipinski definition) is 1. The first-order valence-corrected chi connectivity index (χ1v) is 4.87. The Kier molecular flexibility index (Phi) is 4.21. The Labute approximate surface area is 90.3 Å². The number of hydrogen-bond donors (Lipinski definition) is 0.